The molecule has 2 aromatic rings. The summed E-state index contributed by atoms with van der Waals surface area (Å²) < 4.78 is 0. The normalized spacial score (nSPS) is 19.7. The first-order valence-corrected chi connectivity index (χ1v) is 8.78. The summed E-state index contributed by atoms with van der Waals surface area (Å²) in [6.45, 7) is 0.944. The van der Waals surface area contributed by atoms with Crippen LogP contribution in [-0.2, 0) is 11.3 Å². The van der Waals surface area contributed by atoms with Crippen LogP contribution >= 0.6 is 11.6 Å². The average Bonchev–Trinajstić information content (AvgIpc) is 2.97. The maximum Gasteiger partial charge on any atom is 0.322 e. The van der Waals surface area contributed by atoms with E-state index in [0.717, 1.165) is 16.8 Å². The van der Waals surface area contributed by atoms with Crippen molar-refractivity contribution in [3.63, 3.8) is 0 Å². The van der Waals surface area contributed by atoms with E-state index in [-0.39, 0.29) is 11.9 Å². The van der Waals surface area contributed by atoms with Crippen LogP contribution in [0.15, 0.2) is 65.9 Å². The summed E-state index contributed by atoms with van der Waals surface area (Å²) in [6.07, 6.45) is 0. The molecule has 4 rings (SSSR count). The van der Waals surface area contributed by atoms with E-state index in [1.54, 1.807) is 24.1 Å². The van der Waals surface area contributed by atoms with Gasteiger partial charge >= 0.3 is 6.03 Å². The van der Waals surface area contributed by atoms with Crippen molar-refractivity contribution in [2.24, 2.45) is 0 Å². The zero-order chi connectivity index (χ0) is 18.3. The van der Waals surface area contributed by atoms with Crippen LogP contribution in [0.25, 0.3) is 0 Å². The first kappa shape index (κ1) is 16.7. The molecule has 0 spiro atoms. The van der Waals surface area contributed by atoms with Crippen molar-refractivity contribution in [1.29, 1.82) is 0 Å². The zero-order valence-electron chi connectivity index (χ0n) is 14.3. The van der Waals surface area contributed by atoms with Crippen LogP contribution in [0.5, 0.6) is 0 Å². The second-order valence-corrected chi connectivity index (χ2v) is 6.94. The second-order valence-electron chi connectivity index (χ2n) is 6.50. The minimum absolute atomic E-state index is 0.0457. The molecule has 3 amide bonds. The summed E-state index contributed by atoms with van der Waals surface area (Å²) in [4.78, 5) is 28.8. The lowest BCUT2D eigenvalue weighted by Crippen LogP contribution is -2.45. The van der Waals surface area contributed by atoms with Gasteiger partial charge < -0.3 is 10.2 Å². The monoisotopic (exact) mass is 367 g/mol. The molecule has 0 aromatic heterocycles. The first-order chi connectivity index (χ1) is 12.5. The number of rotatable bonds is 3. The third-order valence-electron chi connectivity index (χ3n) is 4.85. The fourth-order valence-electron chi connectivity index (χ4n) is 3.46. The molecule has 0 aliphatic carbocycles. The molecule has 0 fully saturated rings. The van der Waals surface area contributed by atoms with Crippen molar-refractivity contribution in [3.05, 3.63) is 82.0 Å². The van der Waals surface area contributed by atoms with Crippen LogP contribution < -0.4 is 5.32 Å². The van der Waals surface area contributed by atoms with Crippen molar-refractivity contribution in [2.45, 2.75) is 12.6 Å². The van der Waals surface area contributed by atoms with Crippen molar-refractivity contribution in [3.8, 4) is 0 Å². The average molecular weight is 368 g/mol. The molecule has 0 saturated carbocycles. The molecule has 0 saturated heterocycles. The summed E-state index contributed by atoms with van der Waals surface area (Å²) in [5, 5.41) is 3.54. The van der Waals surface area contributed by atoms with Gasteiger partial charge in [-0.05, 0) is 23.3 Å². The van der Waals surface area contributed by atoms with E-state index in [4.69, 9.17) is 11.6 Å². The van der Waals surface area contributed by atoms with Gasteiger partial charge in [-0.25, -0.2) is 4.79 Å². The number of hydrogen-bond acceptors (Lipinski definition) is 2. The molecule has 6 heteroatoms. The first-order valence-electron chi connectivity index (χ1n) is 8.40. The van der Waals surface area contributed by atoms with Crippen LogP contribution in [0.1, 0.15) is 17.2 Å². The van der Waals surface area contributed by atoms with Crippen LogP contribution in [0, 0.1) is 0 Å². The van der Waals surface area contributed by atoms with E-state index < -0.39 is 6.04 Å². The van der Waals surface area contributed by atoms with E-state index in [2.05, 4.69) is 5.32 Å². The third-order valence-corrected chi connectivity index (χ3v) is 5.11. The van der Waals surface area contributed by atoms with Gasteiger partial charge in [0, 0.05) is 18.6 Å². The molecule has 132 valence electrons. The molecule has 1 atom stereocenters. The highest BCUT2D eigenvalue weighted by Gasteiger charge is 2.42. The minimum atomic E-state index is -0.459. The van der Waals surface area contributed by atoms with Gasteiger partial charge in [-0.1, -0.05) is 54.1 Å². The van der Waals surface area contributed by atoms with Gasteiger partial charge in [-0.15, -0.1) is 0 Å². The number of nitrogens with one attached hydrogen (secondary N) is 1. The van der Waals surface area contributed by atoms with Crippen molar-refractivity contribution >= 4 is 23.5 Å². The molecule has 2 aliphatic heterocycles. The third kappa shape index (κ3) is 2.84. The van der Waals surface area contributed by atoms with Crippen molar-refractivity contribution in [2.75, 3.05) is 13.6 Å². The quantitative estimate of drug-likeness (QED) is 0.904. The Balaban J connectivity index is 1.67. The van der Waals surface area contributed by atoms with Crippen LogP contribution in [0.2, 0.25) is 5.02 Å². The largest absolute Gasteiger partial charge is 0.329 e. The van der Waals surface area contributed by atoms with Crippen LogP contribution in [0.3, 0.4) is 0 Å². The number of benzene rings is 2. The Bertz CT molecular complexity index is 893. The zero-order valence-corrected chi connectivity index (χ0v) is 15.0. The highest BCUT2D eigenvalue weighted by atomic mass is 35.5. The molecule has 26 heavy (non-hydrogen) atoms. The number of urea groups is 1. The lowest BCUT2D eigenvalue weighted by atomic mass is 9.96. The molecule has 0 radical (unpaired) electrons. The predicted molar refractivity (Wildman–Crippen MR) is 99.4 cm³/mol. The minimum Gasteiger partial charge on any atom is -0.329 e. The maximum absolute atomic E-state index is 13.1. The van der Waals surface area contributed by atoms with Gasteiger partial charge in [0.25, 0.3) is 5.91 Å². The molecule has 2 aromatic carbocycles. The molecule has 0 unspecified atom stereocenters. The van der Waals surface area contributed by atoms with Gasteiger partial charge in [-0.2, -0.15) is 0 Å². The number of carbonyl (C=O) groups is 2. The van der Waals surface area contributed by atoms with Crippen molar-refractivity contribution in [1.82, 2.24) is 15.1 Å². The number of nitrogens with zero attached hydrogens (tertiary/aromatic N) is 2. The molecule has 0 bridgehead atoms. The van der Waals surface area contributed by atoms with E-state index in [0.29, 0.717) is 23.7 Å². The molecule has 5 nitrogen and oxygen atoms in total. The summed E-state index contributed by atoms with van der Waals surface area (Å²) in [5.74, 6) is -0.0457. The molecule has 1 N–H and O–H groups in total. The Hall–Kier alpha value is -2.79. The van der Waals surface area contributed by atoms with Crippen LogP contribution in [-0.4, -0.2) is 35.3 Å². The Morgan fingerprint density at radius 2 is 1.77 bits per heavy atom. The maximum atomic E-state index is 13.1. The Morgan fingerprint density at radius 1 is 1.08 bits per heavy atom. The number of halogens is 1. The highest BCUT2D eigenvalue weighted by molar-refractivity contribution is 6.30. The van der Waals surface area contributed by atoms with E-state index >= 15 is 0 Å². The standard InChI is InChI=1S/C20H18ClN3O2/c1-23-16-12-24(11-13-5-3-2-4-6-13)19(25)17(16)18(22-20(23)26)14-7-9-15(21)10-8-14/h2-10,18H,11-12H2,1H3,(H,22,26)/t18-/m1/s1. The van der Waals surface area contributed by atoms with Gasteiger partial charge in [0.05, 0.1) is 23.9 Å². The number of carbonyl (C=O) groups excluding carboxylic acids is 2. The Morgan fingerprint density at radius 3 is 2.46 bits per heavy atom. The van der Waals surface area contributed by atoms with Gasteiger partial charge in [-0.3, -0.25) is 9.69 Å². The van der Waals surface area contributed by atoms with Crippen LogP contribution in [0.4, 0.5) is 4.79 Å². The fraction of sp³-hybridized carbons (Fsp3) is 0.200. The van der Waals surface area contributed by atoms with Gasteiger partial charge in [0.15, 0.2) is 0 Å². The highest BCUT2D eigenvalue weighted by Crippen LogP contribution is 2.36. The summed E-state index contributed by atoms with van der Waals surface area (Å²) in [7, 11) is 1.70. The summed E-state index contributed by atoms with van der Waals surface area (Å²) in [6, 6.07) is 16.4. The molecular weight excluding hydrogens is 350 g/mol. The Labute approximate surface area is 156 Å². The Kier molecular flexibility index (Phi) is 4.17. The second kappa shape index (κ2) is 6.50. The smallest absolute Gasteiger partial charge is 0.322 e. The number of likely N-dealkylation sites (N-methyl/N-ethyl adjacent to an activating group) is 1. The van der Waals surface area contributed by atoms with E-state index in [1.807, 2.05) is 42.5 Å². The number of amides is 3. The number of hydrogen-bond donors (Lipinski definition) is 1. The fourth-order valence-corrected chi connectivity index (χ4v) is 3.59. The molecular formula is C20H18ClN3O2. The van der Waals surface area contributed by atoms with E-state index in [1.165, 1.54) is 4.90 Å². The topological polar surface area (TPSA) is 52.7 Å². The predicted octanol–water partition coefficient (Wildman–Crippen LogP) is 3.33. The van der Waals surface area contributed by atoms with Gasteiger partial charge in [0.2, 0.25) is 0 Å². The van der Waals surface area contributed by atoms with Gasteiger partial charge in [0.1, 0.15) is 0 Å². The van der Waals surface area contributed by atoms with Crippen molar-refractivity contribution < 1.29 is 9.59 Å². The summed E-state index contributed by atoms with van der Waals surface area (Å²) >= 11 is 5.97. The van der Waals surface area contributed by atoms with E-state index in [9.17, 15) is 9.59 Å². The molecule has 2 heterocycles. The summed E-state index contributed by atoms with van der Waals surface area (Å²) in [5.41, 5.74) is 3.30. The lowest BCUT2D eigenvalue weighted by molar-refractivity contribution is -0.126. The lowest BCUT2D eigenvalue weighted by Gasteiger charge is -2.31. The molecule has 2 aliphatic rings. The SMILES string of the molecule is CN1C(=O)N[C@H](c2ccc(Cl)cc2)C2=C1CN(Cc1ccccc1)C2=O.